The second-order valence-corrected chi connectivity index (χ2v) is 6.22. The molecule has 1 fully saturated rings. The topological polar surface area (TPSA) is 106 Å². The zero-order valence-electron chi connectivity index (χ0n) is 13.7. The third-order valence-electron chi connectivity index (χ3n) is 4.42. The minimum atomic E-state index is -0.239. The van der Waals surface area contributed by atoms with E-state index in [1.807, 2.05) is 18.2 Å². The molecule has 2 aromatic heterocycles. The highest BCUT2D eigenvalue weighted by Crippen LogP contribution is 2.17. The smallest absolute Gasteiger partial charge is 0.225 e. The maximum Gasteiger partial charge on any atom is 0.225 e. The quantitative estimate of drug-likeness (QED) is 0.819. The number of hydrogen-bond donors (Lipinski definition) is 2. The number of aromatic nitrogens is 3. The van der Waals surface area contributed by atoms with Gasteiger partial charge in [-0.05, 0) is 25.0 Å². The van der Waals surface area contributed by atoms with E-state index in [9.17, 15) is 9.59 Å². The van der Waals surface area contributed by atoms with Crippen LogP contribution in [0.15, 0.2) is 24.5 Å². The number of nitrogens with two attached hydrogens (primary N) is 1. The Hall–Kier alpha value is -2.48. The zero-order valence-corrected chi connectivity index (χ0v) is 13.7. The fourth-order valence-corrected chi connectivity index (χ4v) is 3.05. The first-order valence-electron chi connectivity index (χ1n) is 8.11. The van der Waals surface area contributed by atoms with Gasteiger partial charge in [-0.3, -0.25) is 9.59 Å². The Morgan fingerprint density at radius 3 is 2.96 bits per heavy atom. The Morgan fingerprint density at radius 2 is 2.17 bits per heavy atom. The highest BCUT2D eigenvalue weighted by Gasteiger charge is 2.28. The van der Waals surface area contributed by atoms with Gasteiger partial charge >= 0.3 is 0 Å². The van der Waals surface area contributed by atoms with Gasteiger partial charge in [0.2, 0.25) is 11.8 Å². The number of amides is 2. The van der Waals surface area contributed by atoms with E-state index < -0.39 is 0 Å². The van der Waals surface area contributed by atoms with Crippen LogP contribution in [0.25, 0.3) is 5.65 Å². The van der Waals surface area contributed by atoms with Gasteiger partial charge in [-0.2, -0.15) is 5.10 Å². The fraction of sp³-hybridized carbons (Fsp3) is 0.500. The summed E-state index contributed by atoms with van der Waals surface area (Å²) in [4.78, 5) is 30.0. The van der Waals surface area contributed by atoms with Crippen LogP contribution in [0.4, 0.5) is 0 Å². The molecule has 8 heteroatoms. The molecule has 0 aliphatic carbocycles. The van der Waals surface area contributed by atoms with Crippen LogP contribution in [-0.2, 0) is 16.1 Å². The number of pyridine rings is 1. The van der Waals surface area contributed by atoms with Gasteiger partial charge in [0.1, 0.15) is 6.33 Å². The summed E-state index contributed by atoms with van der Waals surface area (Å²) >= 11 is 0. The lowest BCUT2D eigenvalue weighted by molar-refractivity contribution is -0.131. The van der Waals surface area contributed by atoms with Crippen LogP contribution < -0.4 is 11.1 Å². The number of rotatable bonds is 3. The van der Waals surface area contributed by atoms with Crippen LogP contribution in [0, 0.1) is 5.92 Å². The molecule has 128 valence electrons. The van der Waals surface area contributed by atoms with Crippen molar-refractivity contribution in [2.75, 3.05) is 13.1 Å². The maximum atomic E-state index is 12.5. The van der Waals surface area contributed by atoms with Gasteiger partial charge in [-0.1, -0.05) is 6.07 Å². The van der Waals surface area contributed by atoms with E-state index in [0.717, 1.165) is 17.8 Å². The van der Waals surface area contributed by atoms with Crippen molar-refractivity contribution >= 4 is 17.5 Å². The molecule has 0 unspecified atom stereocenters. The lowest BCUT2D eigenvalue weighted by atomic mass is 10.0. The maximum absolute atomic E-state index is 12.5. The van der Waals surface area contributed by atoms with Crippen molar-refractivity contribution < 1.29 is 9.59 Å². The molecule has 8 nitrogen and oxygen atoms in total. The van der Waals surface area contributed by atoms with Gasteiger partial charge in [0, 0.05) is 26.1 Å². The molecule has 3 N–H and O–H groups in total. The molecule has 0 spiro atoms. The fourth-order valence-electron chi connectivity index (χ4n) is 3.05. The first-order valence-corrected chi connectivity index (χ1v) is 8.11. The molecule has 2 aromatic rings. The summed E-state index contributed by atoms with van der Waals surface area (Å²) in [6, 6.07) is 5.56. The highest BCUT2D eigenvalue weighted by molar-refractivity contribution is 5.80. The number of hydrogen-bond acceptors (Lipinski definition) is 5. The van der Waals surface area contributed by atoms with Gasteiger partial charge in [0.05, 0.1) is 18.2 Å². The number of carbonyl (C=O) groups excluding carboxylic acids is 2. The summed E-state index contributed by atoms with van der Waals surface area (Å²) < 4.78 is 1.70. The Bertz CT molecular complexity index is 743. The Labute approximate surface area is 140 Å². The molecule has 2 atom stereocenters. The SMILES string of the molecule is CC(=O)N1C[C@@H](N)CC[C@@H](C(=O)NCc2cccc3ncnn23)C1. The number of likely N-dealkylation sites (tertiary alicyclic amines) is 1. The summed E-state index contributed by atoms with van der Waals surface area (Å²) in [5.74, 6) is -0.345. The molecule has 3 heterocycles. The van der Waals surface area contributed by atoms with Crippen molar-refractivity contribution in [2.45, 2.75) is 32.4 Å². The minimum absolute atomic E-state index is 0.0440. The number of fused-ring (bicyclic) bond motifs is 1. The second kappa shape index (κ2) is 6.96. The molecule has 0 saturated carbocycles. The lowest BCUT2D eigenvalue weighted by Crippen LogP contribution is -2.42. The second-order valence-electron chi connectivity index (χ2n) is 6.22. The molecule has 24 heavy (non-hydrogen) atoms. The van der Waals surface area contributed by atoms with E-state index in [2.05, 4.69) is 15.4 Å². The van der Waals surface area contributed by atoms with Gasteiger partial charge < -0.3 is 16.0 Å². The Balaban J connectivity index is 1.65. The summed E-state index contributed by atoms with van der Waals surface area (Å²) in [5.41, 5.74) is 7.59. The van der Waals surface area contributed by atoms with Crippen LogP contribution >= 0.6 is 0 Å². The van der Waals surface area contributed by atoms with E-state index in [-0.39, 0.29) is 23.8 Å². The van der Waals surface area contributed by atoms with Crippen LogP contribution in [0.1, 0.15) is 25.5 Å². The van der Waals surface area contributed by atoms with E-state index >= 15 is 0 Å². The highest BCUT2D eigenvalue weighted by atomic mass is 16.2. The molecule has 3 rings (SSSR count). The standard InChI is InChI=1S/C16H22N6O2/c1-11(23)21-8-12(5-6-13(17)9-21)16(24)18-7-14-3-2-4-15-19-10-20-22(14)15/h2-4,10,12-13H,5-9,17H2,1H3,(H,18,24)/t12-,13+/m1/s1. The molecule has 1 saturated heterocycles. The van der Waals surface area contributed by atoms with E-state index in [0.29, 0.717) is 26.1 Å². The van der Waals surface area contributed by atoms with E-state index in [4.69, 9.17) is 5.73 Å². The summed E-state index contributed by atoms with van der Waals surface area (Å²) in [6.45, 7) is 2.81. The van der Waals surface area contributed by atoms with Gasteiger partial charge in [0.15, 0.2) is 5.65 Å². The largest absolute Gasteiger partial charge is 0.350 e. The van der Waals surface area contributed by atoms with Crippen molar-refractivity contribution in [3.8, 4) is 0 Å². The lowest BCUT2D eigenvalue weighted by Gasteiger charge is -2.23. The van der Waals surface area contributed by atoms with Crippen molar-refractivity contribution in [3.05, 3.63) is 30.2 Å². The molecule has 0 bridgehead atoms. The predicted molar refractivity (Wildman–Crippen MR) is 87.8 cm³/mol. The van der Waals surface area contributed by atoms with Crippen LogP contribution in [0.5, 0.6) is 0 Å². The molecule has 0 radical (unpaired) electrons. The van der Waals surface area contributed by atoms with Crippen LogP contribution in [-0.4, -0.2) is 50.4 Å². The van der Waals surface area contributed by atoms with Crippen molar-refractivity contribution in [3.63, 3.8) is 0 Å². The third kappa shape index (κ3) is 3.53. The average molecular weight is 330 g/mol. The van der Waals surface area contributed by atoms with Crippen molar-refractivity contribution in [2.24, 2.45) is 11.7 Å². The van der Waals surface area contributed by atoms with Crippen LogP contribution in [0.3, 0.4) is 0 Å². The molecule has 1 aliphatic rings. The summed E-state index contributed by atoms with van der Waals surface area (Å²) in [6.07, 6.45) is 2.91. The molecule has 1 aliphatic heterocycles. The predicted octanol–water partition coefficient (Wildman–Crippen LogP) is -0.0687. The third-order valence-corrected chi connectivity index (χ3v) is 4.42. The van der Waals surface area contributed by atoms with Gasteiger partial charge in [-0.25, -0.2) is 9.50 Å². The minimum Gasteiger partial charge on any atom is -0.350 e. The number of nitrogens with zero attached hydrogens (tertiary/aromatic N) is 4. The van der Waals surface area contributed by atoms with E-state index in [1.54, 1.807) is 9.42 Å². The molecule has 2 amide bonds. The number of nitrogens with one attached hydrogen (secondary N) is 1. The van der Waals surface area contributed by atoms with Gasteiger partial charge in [0.25, 0.3) is 0 Å². The summed E-state index contributed by atoms with van der Waals surface area (Å²) in [5, 5.41) is 7.10. The van der Waals surface area contributed by atoms with Crippen molar-refractivity contribution in [1.29, 1.82) is 0 Å². The van der Waals surface area contributed by atoms with Crippen molar-refractivity contribution in [1.82, 2.24) is 24.8 Å². The van der Waals surface area contributed by atoms with Gasteiger partial charge in [-0.15, -0.1) is 0 Å². The zero-order chi connectivity index (χ0) is 17.1. The molecule has 0 aromatic carbocycles. The van der Waals surface area contributed by atoms with Crippen LogP contribution in [0.2, 0.25) is 0 Å². The van der Waals surface area contributed by atoms with E-state index in [1.165, 1.54) is 13.3 Å². The first kappa shape index (κ1) is 16.4. The molecular formula is C16H22N6O2. The summed E-state index contributed by atoms with van der Waals surface area (Å²) in [7, 11) is 0. The monoisotopic (exact) mass is 330 g/mol. The molecular weight excluding hydrogens is 308 g/mol. The normalized spacial score (nSPS) is 21.5. The average Bonchev–Trinajstić information content (AvgIpc) is 2.95. The first-order chi connectivity index (χ1) is 11.5. The Morgan fingerprint density at radius 1 is 1.33 bits per heavy atom. The number of carbonyl (C=O) groups is 2. The Kier molecular flexibility index (Phi) is 4.75.